The molecule has 0 unspecified atom stereocenters. The van der Waals surface area contributed by atoms with Crippen molar-refractivity contribution >= 4 is 5.91 Å². The molecule has 0 aromatic carbocycles. The van der Waals surface area contributed by atoms with Crippen LogP contribution in [-0.2, 0) is 13.0 Å². The second kappa shape index (κ2) is 7.91. The minimum Gasteiger partial charge on any atom is -0.496 e. The first kappa shape index (κ1) is 19.1. The van der Waals surface area contributed by atoms with Crippen LogP contribution in [0.3, 0.4) is 0 Å². The first-order valence-electron chi connectivity index (χ1n) is 9.15. The molecule has 9 nitrogen and oxygen atoms in total. The Morgan fingerprint density at radius 2 is 2.11 bits per heavy atom. The SMILES string of the molecule is COc1cc(=O)n2c(c1C(=O)N[C@@H](C)c1nncn1C(C)C)CCNCC2. The van der Waals surface area contributed by atoms with Gasteiger partial charge in [0.05, 0.1) is 13.2 Å². The molecule has 0 saturated heterocycles. The molecule has 1 atom stereocenters. The van der Waals surface area contributed by atoms with Crippen molar-refractivity contribution in [2.75, 3.05) is 20.2 Å². The van der Waals surface area contributed by atoms with Crippen LogP contribution in [0.2, 0.25) is 0 Å². The van der Waals surface area contributed by atoms with Crippen molar-refractivity contribution in [3.63, 3.8) is 0 Å². The maximum absolute atomic E-state index is 13.1. The molecular weight excluding hydrogens is 348 g/mol. The zero-order valence-electron chi connectivity index (χ0n) is 16.2. The van der Waals surface area contributed by atoms with Crippen LogP contribution in [0.15, 0.2) is 17.2 Å². The maximum atomic E-state index is 13.1. The van der Waals surface area contributed by atoms with Gasteiger partial charge >= 0.3 is 0 Å². The van der Waals surface area contributed by atoms with Crippen molar-refractivity contribution < 1.29 is 9.53 Å². The molecule has 3 rings (SSSR count). The van der Waals surface area contributed by atoms with Crippen LogP contribution < -0.4 is 20.9 Å². The van der Waals surface area contributed by atoms with Gasteiger partial charge in [-0.05, 0) is 20.8 Å². The average molecular weight is 374 g/mol. The number of hydrogen-bond donors (Lipinski definition) is 2. The zero-order chi connectivity index (χ0) is 19.6. The summed E-state index contributed by atoms with van der Waals surface area (Å²) >= 11 is 0. The van der Waals surface area contributed by atoms with Crippen molar-refractivity contribution in [2.24, 2.45) is 0 Å². The largest absolute Gasteiger partial charge is 0.496 e. The standard InChI is InChI=1S/C18H26N6O3/c1-11(2)24-10-20-22-17(24)12(3)21-18(26)16-13-5-6-19-7-8-23(13)15(25)9-14(16)27-4/h9-12,19H,5-8H2,1-4H3,(H,21,26)/t12-/m0/s1. The van der Waals surface area contributed by atoms with Crippen LogP contribution in [0.25, 0.3) is 0 Å². The summed E-state index contributed by atoms with van der Waals surface area (Å²) in [6.07, 6.45) is 2.23. The molecule has 0 aliphatic carbocycles. The lowest BCUT2D eigenvalue weighted by atomic mass is 10.1. The highest BCUT2D eigenvalue weighted by molar-refractivity contribution is 5.98. The van der Waals surface area contributed by atoms with Crippen molar-refractivity contribution in [3.8, 4) is 5.75 Å². The summed E-state index contributed by atoms with van der Waals surface area (Å²) in [5, 5.41) is 14.3. The van der Waals surface area contributed by atoms with Crippen LogP contribution in [0.4, 0.5) is 0 Å². The van der Waals surface area contributed by atoms with Gasteiger partial charge in [0.1, 0.15) is 17.6 Å². The number of aromatic nitrogens is 4. The molecule has 1 aliphatic heterocycles. The number of rotatable bonds is 5. The Morgan fingerprint density at radius 3 is 2.81 bits per heavy atom. The van der Waals surface area contributed by atoms with Crippen LogP contribution in [0.5, 0.6) is 5.75 Å². The first-order valence-corrected chi connectivity index (χ1v) is 9.15. The molecule has 0 saturated carbocycles. The maximum Gasteiger partial charge on any atom is 0.257 e. The Morgan fingerprint density at radius 1 is 1.33 bits per heavy atom. The van der Waals surface area contributed by atoms with Gasteiger partial charge in [-0.1, -0.05) is 0 Å². The van der Waals surface area contributed by atoms with Crippen molar-refractivity contribution in [3.05, 3.63) is 39.8 Å². The number of nitrogens with zero attached hydrogens (tertiary/aromatic N) is 4. The highest BCUT2D eigenvalue weighted by Crippen LogP contribution is 2.23. The number of hydrogen-bond acceptors (Lipinski definition) is 6. The van der Waals surface area contributed by atoms with E-state index < -0.39 is 0 Å². The third-order valence-corrected chi connectivity index (χ3v) is 4.77. The van der Waals surface area contributed by atoms with E-state index in [-0.39, 0.29) is 23.6 Å². The van der Waals surface area contributed by atoms with E-state index in [0.717, 1.165) is 0 Å². The number of amides is 1. The highest BCUT2D eigenvalue weighted by atomic mass is 16.5. The topological polar surface area (TPSA) is 103 Å². The average Bonchev–Trinajstić information content (AvgIpc) is 3.00. The molecule has 2 aromatic rings. The Balaban J connectivity index is 1.96. The number of ether oxygens (including phenoxy) is 1. The number of pyridine rings is 1. The molecule has 27 heavy (non-hydrogen) atoms. The Hall–Kier alpha value is -2.68. The van der Waals surface area contributed by atoms with Crippen molar-refractivity contribution in [1.29, 1.82) is 0 Å². The summed E-state index contributed by atoms with van der Waals surface area (Å²) in [4.78, 5) is 25.5. The Kier molecular flexibility index (Phi) is 5.59. The fourth-order valence-electron chi connectivity index (χ4n) is 3.40. The Labute approximate surface area is 157 Å². The molecule has 2 aromatic heterocycles. The molecule has 0 radical (unpaired) electrons. The molecule has 146 valence electrons. The van der Waals surface area contributed by atoms with E-state index in [9.17, 15) is 9.59 Å². The van der Waals surface area contributed by atoms with Crippen LogP contribution in [0, 0.1) is 0 Å². The first-order chi connectivity index (χ1) is 12.9. The molecular formula is C18H26N6O3. The summed E-state index contributed by atoms with van der Waals surface area (Å²) in [5.74, 6) is 0.685. The lowest BCUT2D eigenvalue weighted by Gasteiger charge is -2.20. The van der Waals surface area contributed by atoms with E-state index in [1.165, 1.54) is 13.2 Å². The molecule has 0 spiro atoms. The summed E-state index contributed by atoms with van der Waals surface area (Å²) < 4.78 is 8.93. The quantitative estimate of drug-likeness (QED) is 0.797. The second-order valence-corrected chi connectivity index (χ2v) is 6.91. The van der Waals surface area contributed by atoms with Gasteiger partial charge in [0.2, 0.25) is 0 Å². The smallest absolute Gasteiger partial charge is 0.257 e. The minimum absolute atomic E-state index is 0.158. The van der Waals surface area contributed by atoms with Gasteiger partial charge in [-0.2, -0.15) is 0 Å². The van der Waals surface area contributed by atoms with Gasteiger partial charge in [0.25, 0.3) is 11.5 Å². The second-order valence-electron chi connectivity index (χ2n) is 6.91. The molecule has 3 heterocycles. The number of methoxy groups -OCH3 is 1. The summed E-state index contributed by atoms with van der Waals surface area (Å²) in [6.45, 7) is 7.83. The molecule has 1 aliphatic rings. The summed E-state index contributed by atoms with van der Waals surface area (Å²) in [5.41, 5.74) is 0.942. The zero-order valence-corrected chi connectivity index (χ0v) is 16.2. The summed E-state index contributed by atoms with van der Waals surface area (Å²) in [6, 6.07) is 1.22. The lowest BCUT2D eigenvalue weighted by molar-refractivity contribution is 0.0932. The number of carbonyl (C=O) groups is 1. The van der Waals surface area contributed by atoms with E-state index in [4.69, 9.17) is 4.74 Å². The fourth-order valence-corrected chi connectivity index (χ4v) is 3.40. The van der Waals surface area contributed by atoms with Gasteiger partial charge in [0, 0.05) is 43.9 Å². The molecule has 0 bridgehead atoms. The molecule has 9 heteroatoms. The molecule has 2 N–H and O–H groups in total. The van der Waals surface area contributed by atoms with E-state index in [2.05, 4.69) is 20.8 Å². The number of carbonyl (C=O) groups excluding carboxylic acids is 1. The van der Waals surface area contributed by atoms with Crippen molar-refractivity contribution in [2.45, 2.75) is 45.8 Å². The summed E-state index contributed by atoms with van der Waals surface area (Å²) in [7, 11) is 1.47. The van der Waals surface area contributed by atoms with Gasteiger partial charge in [0.15, 0.2) is 5.82 Å². The molecule has 0 fully saturated rings. The number of nitrogens with one attached hydrogen (secondary N) is 2. The monoisotopic (exact) mass is 374 g/mol. The van der Waals surface area contributed by atoms with Crippen LogP contribution in [0.1, 0.15) is 54.7 Å². The van der Waals surface area contributed by atoms with Gasteiger partial charge in [-0.15, -0.1) is 10.2 Å². The third kappa shape index (κ3) is 3.73. The van der Waals surface area contributed by atoms with Crippen LogP contribution >= 0.6 is 0 Å². The van der Waals surface area contributed by atoms with Crippen molar-refractivity contribution in [1.82, 2.24) is 30.0 Å². The van der Waals surface area contributed by atoms with E-state index in [0.29, 0.717) is 48.9 Å². The lowest BCUT2D eigenvalue weighted by Crippen LogP contribution is -2.33. The van der Waals surface area contributed by atoms with E-state index in [1.807, 2.05) is 25.3 Å². The van der Waals surface area contributed by atoms with E-state index >= 15 is 0 Å². The normalized spacial score (nSPS) is 15.1. The van der Waals surface area contributed by atoms with Gasteiger partial charge in [-0.3, -0.25) is 9.59 Å². The predicted octanol–water partition coefficient (Wildman–Crippen LogP) is 0.666. The van der Waals surface area contributed by atoms with Gasteiger partial charge < -0.3 is 24.5 Å². The third-order valence-electron chi connectivity index (χ3n) is 4.77. The van der Waals surface area contributed by atoms with Gasteiger partial charge in [-0.25, -0.2) is 0 Å². The number of fused-ring (bicyclic) bond motifs is 1. The fraction of sp³-hybridized carbons (Fsp3) is 0.556. The molecule has 1 amide bonds. The van der Waals surface area contributed by atoms with E-state index in [1.54, 1.807) is 10.9 Å². The Bertz CT molecular complexity index is 886. The van der Waals surface area contributed by atoms with Crippen LogP contribution in [-0.4, -0.2) is 45.4 Å². The highest BCUT2D eigenvalue weighted by Gasteiger charge is 2.26. The minimum atomic E-state index is -0.344. The predicted molar refractivity (Wildman–Crippen MR) is 100 cm³/mol.